The van der Waals surface area contributed by atoms with Crippen molar-refractivity contribution in [2.24, 2.45) is 11.8 Å². The molecule has 5 rings (SSSR count). The zero-order valence-electron chi connectivity index (χ0n) is 17.1. The number of halogens is 2. The van der Waals surface area contributed by atoms with E-state index in [1.165, 1.54) is 37.8 Å². The van der Waals surface area contributed by atoms with E-state index >= 15 is 0 Å². The molecule has 1 amide bonds. The lowest BCUT2D eigenvalue weighted by Crippen LogP contribution is -2.29. The molecule has 2 unspecified atom stereocenters. The van der Waals surface area contributed by atoms with E-state index in [1.807, 2.05) is 29.2 Å². The Morgan fingerprint density at radius 2 is 1.77 bits per heavy atom. The Balaban J connectivity index is 1.18. The second kappa shape index (κ2) is 8.10. The fourth-order valence-corrected chi connectivity index (χ4v) is 5.35. The standard InChI is InChI=1S/C25H28F2N2O/c26-22-9-8-17(11-23(22)27)21-12-24(21)28-13-16-4-3-7-18(10-16)25(30)29-14-19-5-1-2-6-20(19)15-29/h3-4,7-11,19-21,24,28H,1-2,5-6,12-15H2/t19?,20?,21-,24+/m0/s1. The molecule has 0 radical (unpaired) electrons. The third kappa shape index (κ3) is 4.00. The Hall–Kier alpha value is -2.27. The largest absolute Gasteiger partial charge is 0.338 e. The van der Waals surface area contributed by atoms with E-state index < -0.39 is 11.6 Å². The van der Waals surface area contributed by atoms with Gasteiger partial charge in [0.05, 0.1) is 0 Å². The van der Waals surface area contributed by atoms with E-state index in [4.69, 9.17) is 0 Å². The molecular weight excluding hydrogens is 382 g/mol. The minimum atomic E-state index is -0.803. The fourth-order valence-electron chi connectivity index (χ4n) is 5.35. The molecule has 1 aliphatic heterocycles. The number of nitrogens with one attached hydrogen (secondary N) is 1. The SMILES string of the molecule is O=C(c1cccc(CN[C@@H]2C[C@H]2c2ccc(F)c(F)c2)c1)N1CC2CCCCC2C1. The van der Waals surface area contributed by atoms with Crippen LogP contribution in [0.25, 0.3) is 0 Å². The molecule has 2 aliphatic carbocycles. The van der Waals surface area contributed by atoms with Crippen LogP contribution in [-0.2, 0) is 6.54 Å². The molecule has 1 heterocycles. The molecule has 2 aromatic rings. The summed E-state index contributed by atoms with van der Waals surface area (Å²) in [5, 5.41) is 3.49. The highest BCUT2D eigenvalue weighted by atomic mass is 19.2. The third-order valence-electron chi connectivity index (χ3n) is 7.17. The summed E-state index contributed by atoms with van der Waals surface area (Å²) in [5.41, 5.74) is 2.68. The first-order valence-electron chi connectivity index (χ1n) is 11.1. The van der Waals surface area contributed by atoms with Crippen LogP contribution in [-0.4, -0.2) is 29.9 Å². The predicted molar refractivity (Wildman–Crippen MR) is 112 cm³/mol. The summed E-state index contributed by atoms with van der Waals surface area (Å²) in [6, 6.07) is 12.3. The highest BCUT2D eigenvalue weighted by Crippen LogP contribution is 2.41. The van der Waals surface area contributed by atoms with Crippen LogP contribution in [0.2, 0.25) is 0 Å². The highest BCUT2D eigenvalue weighted by molar-refractivity contribution is 5.94. The molecule has 3 nitrogen and oxygen atoms in total. The van der Waals surface area contributed by atoms with Gasteiger partial charge in [0.2, 0.25) is 0 Å². The summed E-state index contributed by atoms with van der Waals surface area (Å²) in [6.45, 7) is 2.48. The van der Waals surface area contributed by atoms with Gasteiger partial charge in [0, 0.05) is 37.2 Å². The van der Waals surface area contributed by atoms with Crippen molar-refractivity contribution in [3.8, 4) is 0 Å². The molecule has 158 valence electrons. The van der Waals surface area contributed by atoms with Gasteiger partial charge in [-0.25, -0.2) is 8.78 Å². The zero-order valence-corrected chi connectivity index (χ0v) is 17.1. The average molecular weight is 411 g/mol. The van der Waals surface area contributed by atoms with Crippen LogP contribution in [0.4, 0.5) is 8.78 Å². The predicted octanol–water partition coefficient (Wildman–Crippen LogP) is 4.87. The Morgan fingerprint density at radius 1 is 1.00 bits per heavy atom. The maximum atomic E-state index is 13.5. The van der Waals surface area contributed by atoms with Crippen LogP contribution in [0.3, 0.4) is 0 Å². The Labute approximate surface area is 176 Å². The lowest BCUT2D eigenvalue weighted by atomic mass is 9.82. The van der Waals surface area contributed by atoms with Crippen molar-refractivity contribution in [3.05, 3.63) is 70.8 Å². The first-order chi connectivity index (χ1) is 14.6. The summed E-state index contributed by atoms with van der Waals surface area (Å²) < 4.78 is 26.6. The van der Waals surface area contributed by atoms with Crippen molar-refractivity contribution in [2.75, 3.05) is 13.1 Å². The minimum absolute atomic E-state index is 0.150. The summed E-state index contributed by atoms with van der Waals surface area (Å²) >= 11 is 0. The monoisotopic (exact) mass is 410 g/mol. The summed E-state index contributed by atoms with van der Waals surface area (Å²) in [5.74, 6) is 0.162. The highest BCUT2D eigenvalue weighted by Gasteiger charge is 2.38. The second-order valence-electron chi connectivity index (χ2n) is 9.22. The Bertz CT molecular complexity index is 932. The molecule has 30 heavy (non-hydrogen) atoms. The summed E-state index contributed by atoms with van der Waals surface area (Å²) in [6.07, 6.45) is 6.05. The number of hydrogen-bond acceptors (Lipinski definition) is 2. The van der Waals surface area contributed by atoms with Crippen molar-refractivity contribution < 1.29 is 13.6 Å². The number of likely N-dealkylation sites (tertiary alicyclic amines) is 1. The maximum absolute atomic E-state index is 13.5. The van der Waals surface area contributed by atoms with Crippen molar-refractivity contribution in [1.29, 1.82) is 0 Å². The normalized spacial score (nSPS) is 27.7. The third-order valence-corrected chi connectivity index (χ3v) is 7.17. The van der Waals surface area contributed by atoms with E-state index in [0.29, 0.717) is 18.4 Å². The van der Waals surface area contributed by atoms with Crippen molar-refractivity contribution in [1.82, 2.24) is 10.2 Å². The fraction of sp³-hybridized carbons (Fsp3) is 0.480. The lowest BCUT2D eigenvalue weighted by Gasteiger charge is -2.22. The van der Waals surface area contributed by atoms with E-state index in [9.17, 15) is 13.6 Å². The molecule has 0 aromatic heterocycles. The first-order valence-corrected chi connectivity index (χ1v) is 11.1. The Kier molecular flexibility index (Phi) is 5.32. The van der Waals surface area contributed by atoms with Gasteiger partial charge >= 0.3 is 0 Å². The van der Waals surface area contributed by atoms with Gasteiger partial charge in [-0.15, -0.1) is 0 Å². The molecule has 5 heteroatoms. The molecular formula is C25H28F2N2O. The molecule has 1 saturated heterocycles. The molecule has 0 bridgehead atoms. The number of carbonyl (C=O) groups excluding carboxylic acids is 1. The van der Waals surface area contributed by atoms with Gasteiger partial charge in [-0.1, -0.05) is 31.0 Å². The van der Waals surface area contributed by atoms with E-state index in [1.54, 1.807) is 6.07 Å². The molecule has 0 spiro atoms. The molecule has 3 fully saturated rings. The van der Waals surface area contributed by atoms with Gasteiger partial charge in [-0.05, 0) is 66.5 Å². The van der Waals surface area contributed by atoms with Crippen LogP contribution in [0.5, 0.6) is 0 Å². The van der Waals surface area contributed by atoms with Crippen molar-refractivity contribution in [3.63, 3.8) is 0 Å². The van der Waals surface area contributed by atoms with Gasteiger partial charge in [-0.2, -0.15) is 0 Å². The molecule has 4 atom stereocenters. The number of hydrogen-bond donors (Lipinski definition) is 1. The van der Waals surface area contributed by atoms with Crippen LogP contribution in [0.15, 0.2) is 42.5 Å². The second-order valence-corrected chi connectivity index (χ2v) is 9.22. The smallest absolute Gasteiger partial charge is 0.253 e. The van der Waals surface area contributed by atoms with Crippen LogP contribution in [0.1, 0.15) is 59.5 Å². The molecule has 2 saturated carbocycles. The van der Waals surface area contributed by atoms with Gasteiger partial charge in [0.15, 0.2) is 11.6 Å². The van der Waals surface area contributed by atoms with Crippen molar-refractivity contribution >= 4 is 5.91 Å². The Morgan fingerprint density at radius 3 is 2.50 bits per heavy atom. The maximum Gasteiger partial charge on any atom is 0.253 e. The molecule has 1 N–H and O–H groups in total. The number of amides is 1. The minimum Gasteiger partial charge on any atom is -0.338 e. The van der Waals surface area contributed by atoms with Gasteiger partial charge in [0.25, 0.3) is 5.91 Å². The summed E-state index contributed by atoms with van der Waals surface area (Å²) in [4.78, 5) is 15.1. The zero-order chi connectivity index (χ0) is 20.7. The number of rotatable bonds is 5. The van der Waals surface area contributed by atoms with Gasteiger partial charge < -0.3 is 10.2 Å². The summed E-state index contributed by atoms with van der Waals surface area (Å²) in [7, 11) is 0. The number of carbonyl (C=O) groups is 1. The molecule has 2 aromatic carbocycles. The van der Waals surface area contributed by atoms with Gasteiger partial charge in [-0.3, -0.25) is 4.79 Å². The number of fused-ring (bicyclic) bond motifs is 1. The number of nitrogens with zero attached hydrogens (tertiary/aromatic N) is 1. The van der Waals surface area contributed by atoms with Crippen LogP contribution >= 0.6 is 0 Å². The van der Waals surface area contributed by atoms with E-state index in [-0.39, 0.29) is 17.9 Å². The topological polar surface area (TPSA) is 32.3 Å². The van der Waals surface area contributed by atoms with Crippen molar-refractivity contribution in [2.45, 2.75) is 50.6 Å². The van der Waals surface area contributed by atoms with Gasteiger partial charge in [0.1, 0.15) is 0 Å². The lowest BCUT2D eigenvalue weighted by molar-refractivity contribution is 0.0784. The number of benzene rings is 2. The first kappa shape index (κ1) is 19.7. The average Bonchev–Trinajstić information content (AvgIpc) is 3.41. The van der Waals surface area contributed by atoms with Crippen LogP contribution in [0, 0.1) is 23.5 Å². The van der Waals surface area contributed by atoms with Crippen LogP contribution < -0.4 is 5.32 Å². The molecule has 3 aliphatic rings. The quantitative estimate of drug-likeness (QED) is 0.763. The van der Waals surface area contributed by atoms with E-state index in [2.05, 4.69) is 5.32 Å². The van der Waals surface area contributed by atoms with E-state index in [0.717, 1.165) is 36.2 Å².